The second-order valence-corrected chi connectivity index (χ2v) is 6.06. The van der Waals surface area contributed by atoms with Gasteiger partial charge in [-0.05, 0) is 61.8 Å². The average molecular weight is 369 g/mol. The van der Waals surface area contributed by atoms with E-state index in [1.54, 1.807) is 24.3 Å². The smallest absolute Gasteiger partial charge is 0.287 e. The summed E-state index contributed by atoms with van der Waals surface area (Å²) >= 11 is 0. The second kappa shape index (κ2) is 8.87. The molecule has 2 unspecified atom stereocenters. The molecule has 7 heteroatoms. The Morgan fingerprint density at radius 2 is 2.08 bits per heavy atom. The van der Waals surface area contributed by atoms with Crippen molar-refractivity contribution in [3.05, 3.63) is 53.7 Å². The van der Waals surface area contributed by atoms with Crippen molar-refractivity contribution in [2.45, 2.75) is 26.0 Å². The summed E-state index contributed by atoms with van der Waals surface area (Å²) in [6.45, 7) is 4.11. The van der Waals surface area contributed by atoms with E-state index in [9.17, 15) is 9.18 Å². The number of amides is 1. The lowest BCUT2D eigenvalue weighted by Gasteiger charge is -2.29. The van der Waals surface area contributed by atoms with E-state index in [0.717, 1.165) is 19.5 Å². The van der Waals surface area contributed by atoms with Crippen molar-refractivity contribution in [2.75, 3.05) is 13.1 Å². The molecule has 2 heterocycles. The second-order valence-electron chi connectivity index (χ2n) is 6.06. The van der Waals surface area contributed by atoms with E-state index >= 15 is 0 Å². The maximum atomic E-state index is 12.8. The van der Waals surface area contributed by atoms with Crippen molar-refractivity contribution >= 4 is 18.3 Å². The number of nitrogens with one attached hydrogen (secondary N) is 2. The monoisotopic (exact) mass is 368 g/mol. The Hall–Kier alpha value is -2.05. The largest absolute Gasteiger partial charge is 0.486 e. The number of furan rings is 1. The lowest BCUT2D eigenvalue weighted by Crippen LogP contribution is -2.48. The van der Waals surface area contributed by atoms with Gasteiger partial charge in [0.25, 0.3) is 5.91 Å². The van der Waals surface area contributed by atoms with Crippen LogP contribution in [0.15, 0.2) is 40.8 Å². The summed E-state index contributed by atoms with van der Waals surface area (Å²) in [6.07, 6.45) is 0.911. The summed E-state index contributed by atoms with van der Waals surface area (Å²) in [5.41, 5.74) is 0. The number of benzene rings is 1. The van der Waals surface area contributed by atoms with E-state index in [1.807, 2.05) is 0 Å². The molecule has 1 amide bonds. The fraction of sp³-hybridized carbons (Fsp3) is 0.389. The zero-order valence-electron chi connectivity index (χ0n) is 14.0. The van der Waals surface area contributed by atoms with Gasteiger partial charge in [0, 0.05) is 6.04 Å². The summed E-state index contributed by atoms with van der Waals surface area (Å²) in [5, 5.41) is 6.33. The number of rotatable bonds is 5. The van der Waals surface area contributed by atoms with Crippen molar-refractivity contribution in [1.29, 1.82) is 0 Å². The minimum Gasteiger partial charge on any atom is -0.486 e. The Kier molecular flexibility index (Phi) is 6.84. The minimum absolute atomic E-state index is 0. The normalized spacial score (nSPS) is 19.8. The highest BCUT2D eigenvalue weighted by Gasteiger charge is 2.24. The summed E-state index contributed by atoms with van der Waals surface area (Å²) in [7, 11) is 0. The number of carbonyl (C=O) groups is 1. The zero-order chi connectivity index (χ0) is 16.9. The molecule has 1 aromatic heterocycles. The van der Waals surface area contributed by atoms with Crippen LogP contribution in [0.5, 0.6) is 5.75 Å². The van der Waals surface area contributed by atoms with Crippen molar-refractivity contribution in [3.63, 3.8) is 0 Å². The van der Waals surface area contributed by atoms with Crippen molar-refractivity contribution in [2.24, 2.45) is 5.92 Å². The van der Waals surface area contributed by atoms with Crippen LogP contribution in [0.25, 0.3) is 0 Å². The van der Waals surface area contributed by atoms with Gasteiger partial charge in [0.1, 0.15) is 23.9 Å². The molecule has 2 aromatic rings. The molecule has 0 radical (unpaired) electrons. The lowest BCUT2D eigenvalue weighted by molar-refractivity contribution is 0.0882. The van der Waals surface area contributed by atoms with Crippen LogP contribution in [-0.2, 0) is 6.61 Å². The van der Waals surface area contributed by atoms with E-state index in [2.05, 4.69) is 17.6 Å². The summed E-state index contributed by atoms with van der Waals surface area (Å²) in [4.78, 5) is 12.3. The third-order valence-corrected chi connectivity index (χ3v) is 4.18. The molecule has 0 saturated carbocycles. The van der Waals surface area contributed by atoms with Gasteiger partial charge >= 0.3 is 0 Å². The van der Waals surface area contributed by atoms with Gasteiger partial charge in [0.15, 0.2) is 5.76 Å². The van der Waals surface area contributed by atoms with Crippen LogP contribution in [-0.4, -0.2) is 25.0 Å². The third kappa shape index (κ3) is 5.21. The molecule has 0 bridgehead atoms. The number of halogens is 2. The van der Waals surface area contributed by atoms with Gasteiger partial charge in [-0.1, -0.05) is 6.92 Å². The van der Waals surface area contributed by atoms with Gasteiger partial charge in [-0.15, -0.1) is 12.4 Å². The fourth-order valence-corrected chi connectivity index (χ4v) is 2.73. The predicted octanol–water partition coefficient (Wildman–Crippen LogP) is 3.15. The van der Waals surface area contributed by atoms with E-state index in [-0.39, 0.29) is 42.5 Å². The van der Waals surface area contributed by atoms with Gasteiger partial charge in [-0.2, -0.15) is 0 Å². The van der Waals surface area contributed by atoms with Crippen LogP contribution in [0, 0.1) is 11.7 Å². The molecule has 3 rings (SSSR count). The molecule has 1 aliphatic heterocycles. The van der Waals surface area contributed by atoms with Crippen LogP contribution in [0.2, 0.25) is 0 Å². The highest BCUT2D eigenvalue weighted by molar-refractivity contribution is 5.91. The summed E-state index contributed by atoms with van der Waals surface area (Å²) in [6, 6.07) is 9.26. The van der Waals surface area contributed by atoms with Crippen LogP contribution in [0.3, 0.4) is 0 Å². The van der Waals surface area contributed by atoms with Crippen LogP contribution in [0.1, 0.15) is 29.7 Å². The molecule has 0 aliphatic carbocycles. The Bertz CT molecular complexity index is 690. The van der Waals surface area contributed by atoms with E-state index in [4.69, 9.17) is 9.15 Å². The first-order valence-electron chi connectivity index (χ1n) is 8.10. The molecule has 25 heavy (non-hydrogen) atoms. The van der Waals surface area contributed by atoms with Gasteiger partial charge < -0.3 is 19.8 Å². The van der Waals surface area contributed by atoms with Crippen LogP contribution < -0.4 is 15.4 Å². The van der Waals surface area contributed by atoms with E-state index < -0.39 is 0 Å². The predicted molar refractivity (Wildman–Crippen MR) is 94.6 cm³/mol. The fourth-order valence-electron chi connectivity index (χ4n) is 2.73. The number of hydrogen-bond donors (Lipinski definition) is 2. The number of carbonyl (C=O) groups excluding carboxylic acids is 1. The Labute approximate surface area is 152 Å². The maximum absolute atomic E-state index is 12.8. The number of piperidine rings is 1. The average Bonchev–Trinajstić information content (AvgIpc) is 3.06. The minimum atomic E-state index is -0.313. The first kappa shape index (κ1) is 19.3. The molecule has 2 atom stereocenters. The molecule has 1 aliphatic rings. The highest BCUT2D eigenvalue weighted by Crippen LogP contribution is 2.16. The van der Waals surface area contributed by atoms with Gasteiger partial charge in [0.05, 0.1) is 0 Å². The highest BCUT2D eigenvalue weighted by atomic mass is 35.5. The molecular weight excluding hydrogens is 347 g/mol. The Balaban J connectivity index is 0.00000225. The van der Waals surface area contributed by atoms with Crippen molar-refractivity contribution in [3.8, 4) is 5.75 Å². The van der Waals surface area contributed by atoms with E-state index in [1.165, 1.54) is 12.1 Å². The van der Waals surface area contributed by atoms with Crippen molar-refractivity contribution < 1.29 is 18.3 Å². The first-order chi connectivity index (χ1) is 11.6. The quantitative estimate of drug-likeness (QED) is 0.851. The third-order valence-electron chi connectivity index (χ3n) is 4.18. The molecule has 1 fully saturated rings. The molecule has 1 saturated heterocycles. The van der Waals surface area contributed by atoms with Gasteiger partial charge in [-0.3, -0.25) is 4.79 Å². The zero-order valence-corrected chi connectivity index (χ0v) is 14.8. The molecule has 5 nitrogen and oxygen atoms in total. The Morgan fingerprint density at radius 1 is 1.32 bits per heavy atom. The lowest BCUT2D eigenvalue weighted by atomic mass is 9.95. The van der Waals surface area contributed by atoms with Crippen molar-refractivity contribution in [1.82, 2.24) is 10.6 Å². The van der Waals surface area contributed by atoms with E-state index in [0.29, 0.717) is 17.4 Å². The SMILES string of the molecule is CC1CNCCC1NC(=O)c1ccc(COc2ccc(F)cc2)o1.Cl. The van der Waals surface area contributed by atoms with Crippen LogP contribution >= 0.6 is 12.4 Å². The van der Waals surface area contributed by atoms with Gasteiger partial charge in [0.2, 0.25) is 0 Å². The number of ether oxygens (including phenoxy) is 1. The molecule has 0 spiro atoms. The molecule has 1 aromatic carbocycles. The first-order valence-corrected chi connectivity index (χ1v) is 8.10. The maximum Gasteiger partial charge on any atom is 0.287 e. The summed E-state index contributed by atoms with van der Waals surface area (Å²) < 4.78 is 23.9. The standard InChI is InChI=1S/C18H21FN2O3.ClH/c1-12-10-20-9-8-16(12)21-18(22)17-7-6-15(24-17)11-23-14-4-2-13(19)3-5-14;/h2-7,12,16,20H,8-11H2,1H3,(H,21,22);1H. The molecule has 2 N–H and O–H groups in total. The topological polar surface area (TPSA) is 63.5 Å². The van der Waals surface area contributed by atoms with Crippen LogP contribution in [0.4, 0.5) is 4.39 Å². The molecular formula is C18H22ClFN2O3. The number of hydrogen-bond acceptors (Lipinski definition) is 4. The molecule has 136 valence electrons. The Morgan fingerprint density at radius 3 is 2.80 bits per heavy atom. The van der Waals surface area contributed by atoms with Gasteiger partial charge in [-0.25, -0.2) is 4.39 Å². The summed E-state index contributed by atoms with van der Waals surface area (Å²) in [5.74, 6) is 1.23.